The lowest BCUT2D eigenvalue weighted by atomic mass is 10.1. The highest BCUT2D eigenvalue weighted by Gasteiger charge is 2.08. The highest BCUT2D eigenvalue weighted by molar-refractivity contribution is 5.90. The number of nitrogens with zero attached hydrogens (tertiary/aromatic N) is 2. The molecule has 1 heterocycles. The van der Waals surface area contributed by atoms with E-state index in [1.54, 1.807) is 0 Å². The molecule has 0 atom stereocenters. The summed E-state index contributed by atoms with van der Waals surface area (Å²) in [5, 5.41) is 5.80. The molecule has 5 heteroatoms. The molecule has 0 spiro atoms. The van der Waals surface area contributed by atoms with Crippen LogP contribution in [0, 0.1) is 20.8 Å². The molecule has 3 aromatic rings. The van der Waals surface area contributed by atoms with Crippen LogP contribution < -0.4 is 10.6 Å². The first-order valence-electron chi connectivity index (χ1n) is 8.08. The van der Waals surface area contributed by atoms with Crippen LogP contribution in [0.1, 0.15) is 17.0 Å². The van der Waals surface area contributed by atoms with Gasteiger partial charge in [0.15, 0.2) is 0 Å². The Kier molecular flexibility index (Phi) is 4.51. The number of benzene rings is 2. The van der Waals surface area contributed by atoms with Crippen molar-refractivity contribution in [3.8, 4) is 0 Å². The fourth-order valence-corrected chi connectivity index (χ4v) is 2.88. The van der Waals surface area contributed by atoms with Crippen molar-refractivity contribution in [1.82, 2.24) is 14.9 Å². The van der Waals surface area contributed by atoms with E-state index in [4.69, 9.17) is 0 Å². The van der Waals surface area contributed by atoms with E-state index in [1.165, 1.54) is 5.56 Å². The third kappa shape index (κ3) is 3.40. The van der Waals surface area contributed by atoms with Crippen LogP contribution in [0.25, 0.3) is 11.0 Å². The third-order valence-electron chi connectivity index (χ3n) is 4.10. The van der Waals surface area contributed by atoms with Crippen molar-refractivity contribution in [2.24, 2.45) is 0 Å². The first-order valence-corrected chi connectivity index (χ1v) is 8.08. The summed E-state index contributed by atoms with van der Waals surface area (Å²) in [6.07, 6.45) is 0. The maximum absolute atomic E-state index is 12.1. The van der Waals surface area contributed by atoms with E-state index < -0.39 is 0 Å². The summed E-state index contributed by atoms with van der Waals surface area (Å²) in [6, 6.07) is 13.8. The molecule has 0 fully saturated rings. The lowest BCUT2D eigenvalue weighted by Gasteiger charge is -2.11. The standard InChI is InChI=1S/C19H22N4O/c1-13-8-9-16(14(2)12-13)22-19(24)20-10-11-23-15(3)21-17-6-4-5-7-18(17)23/h4-9,12H,10-11H2,1-3H3,(H2,20,22,24). The first kappa shape index (κ1) is 16.1. The number of carbonyl (C=O) groups is 1. The number of carbonyl (C=O) groups excluding carboxylic acids is 1. The second kappa shape index (κ2) is 6.74. The Morgan fingerprint density at radius 2 is 1.92 bits per heavy atom. The molecule has 0 aliphatic rings. The van der Waals surface area contributed by atoms with Crippen LogP contribution in [0.5, 0.6) is 0 Å². The molecule has 0 saturated carbocycles. The van der Waals surface area contributed by atoms with Crippen LogP contribution in [0.2, 0.25) is 0 Å². The molecule has 3 rings (SSSR count). The number of nitrogens with one attached hydrogen (secondary N) is 2. The Morgan fingerprint density at radius 3 is 2.71 bits per heavy atom. The second-order valence-electron chi connectivity index (χ2n) is 6.00. The van der Waals surface area contributed by atoms with Crippen molar-refractivity contribution >= 4 is 22.8 Å². The SMILES string of the molecule is Cc1ccc(NC(=O)NCCn2c(C)nc3ccccc32)c(C)c1. The Hall–Kier alpha value is -2.82. The van der Waals surface area contributed by atoms with E-state index in [2.05, 4.69) is 26.3 Å². The number of aromatic nitrogens is 2. The summed E-state index contributed by atoms with van der Waals surface area (Å²) >= 11 is 0. The number of hydrogen-bond acceptors (Lipinski definition) is 2. The highest BCUT2D eigenvalue weighted by atomic mass is 16.2. The number of amides is 2. The zero-order chi connectivity index (χ0) is 17.1. The minimum absolute atomic E-state index is 0.191. The molecule has 0 unspecified atom stereocenters. The van der Waals surface area contributed by atoms with Gasteiger partial charge in [-0.25, -0.2) is 9.78 Å². The molecule has 24 heavy (non-hydrogen) atoms. The molecule has 2 aromatic carbocycles. The van der Waals surface area contributed by atoms with E-state index in [9.17, 15) is 4.79 Å². The fourth-order valence-electron chi connectivity index (χ4n) is 2.88. The van der Waals surface area contributed by atoms with E-state index in [1.807, 2.05) is 57.2 Å². The van der Waals surface area contributed by atoms with E-state index in [0.717, 1.165) is 28.1 Å². The topological polar surface area (TPSA) is 59.0 Å². The van der Waals surface area contributed by atoms with Gasteiger partial charge in [-0.3, -0.25) is 0 Å². The van der Waals surface area contributed by atoms with Gasteiger partial charge in [0, 0.05) is 18.8 Å². The minimum Gasteiger partial charge on any atom is -0.336 e. The third-order valence-corrected chi connectivity index (χ3v) is 4.10. The largest absolute Gasteiger partial charge is 0.336 e. The van der Waals surface area contributed by atoms with Crippen molar-refractivity contribution in [2.75, 3.05) is 11.9 Å². The number of imidazole rings is 1. The predicted molar refractivity (Wildman–Crippen MR) is 97.4 cm³/mol. The number of aryl methyl sites for hydroxylation is 3. The monoisotopic (exact) mass is 322 g/mol. The van der Waals surface area contributed by atoms with Crippen molar-refractivity contribution in [2.45, 2.75) is 27.3 Å². The number of para-hydroxylation sites is 2. The summed E-state index contributed by atoms with van der Waals surface area (Å²) in [5.74, 6) is 0.952. The van der Waals surface area contributed by atoms with Crippen molar-refractivity contribution < 1.29 is 4.79 Å². The maximum Gasteiger partial charge on any atom is 0.319 e. The summed E-state index contributed by atoms with van der Waals surface area (Å²) in [7, 11) is 0. The number of rotatable bonds is 4. The molecule has 2 N–H and O–H groups in total. The molecule has 0 bridgehead atoms. The van der Waals surface area contributed by atoms with Gasteiger partial charge in [0.2, 0.25) is 0 Å². The van der Waals surface area contributed by atoms with Crippen LogP contribution in [0.4, 0.5) is 10.5 Å². The van der Waals surface area contributed by atoms with Gasteiger partial charge in [-0.2, -0.15) is 0 Å². The summed E-state index contributed by atoms with van der Waals surface area (Å²) in [5.41, 5.74) is 5.14. The smallest absolute Gasteiger partial charge is 0.319 e. The van der Waals surface area contributed by atoms with Gasteiger partial charge in [-0.15, -0.1) is 0 Å². The molecule has 0 aliphatic carbocycles. The van der Waals surface area contributed by atoms with Gasteiger partial charge >= 0.3 is 6.03 Å². The van der Waals surface area contributed by atoms with Gasteiger partial charge in [-0.1, -0.05) is 29.8 Å². The van der Waals surface area contributed by atoms with Gasteiger partial charge in [0.25, 0.3) is 0 Å². The van der Waals surface area contributed by atoms with E-state index in [0.29, 0.717) is 13.1 Å². The molecule has 1 aromatic heterocycles. The molecule has 2 amide bonds. The quantitative estimate of drug-likeness (QED) is 0.768. The molecule has 124 valence electrons. The van der Waals surface area contributed by atoms with Crippen LogP contribution in [-0.2, 0) is 6.54 Å². The van der Waals surface area contributed by atoms with E-state index >= 15 is 0 Å². The van der Waals surface area contributed by atoms with Crippen LogP contribution in [0.3, 0.4) is 0 Å². The van der Waals surface area contributed by atoms with Gasteiger partial charge in [-0.05, 0) is 44.5 Å². The zero-order valence-corrected chi connectivity index (χ0v) is 14.3. The molecule has 0 radical (unpaired) electrons. The van der Waals surface area contributed by atoms with Gasteiger partial charge in [0.05, 0.1) is 11.0 Å². The van der Waals surface area contributed by atoms with Crippen molar-refractivity contribution in [1.29, 1.82) is 0 Å². The average molecular weight is 322 g/mol. The number of anilines is 1. The Bertz CT molecular complexity index is 882. The first-order chi connectivity index (χ1) is 11.5. The number of fused-ring (bicyclic) bond motifs is 1. The summed E-state index contributed by atoms with van der Waals surface area (Å²) in [6.45, 7) is 7.23. The molecular weight excluding hydrogens is 300 g/mol. The van der Waals surface area contributed by atoms with Crippen LogP contribution in [0.15, 0.2) is 42.5 Å². The Morgan fingerprint density at radius 1 is 1.12 bits per heavy atom. The lowest BCUT2D eigenvalue weighted by Crippen LogP contribution is -2.31. The zero-order valence-electron chi connectivity index (χ0n) is 14.3. The van der Waals surface area contributed by atoms with Crippen LogP contribution >= 0.6 is 0 Å². The van der Waals surface area contributed by atoms with E-state index in [-0.39, 0.29) is 6.03 Å². The summed E-state index contributed by atoms with van der Waals surface area (Å²) < 4.78 is 2.12. The predicted octanol–water partition coefficient (Wildman–Crippen LogP) is 3.78. The molecule has 0 saturated heterocycles. The molecule has 0 aliphatic heterocycles. The number of urea groups is 1. The maximum atomic E-state index is 12.1. The van der Waals surface area contributed by atoms with Crippen molar-refractivity contribution in [3.63, 3.8) is 0 Å². The van der Waals surface area contributed by atoms with Gasteiger partial charge < -0.3 is 15.2 Å². The van der Waals surface area contributed by atoms with Crippen molar-refractivity contribution in [3.05, 3.63) is 59.4 Å². The minimum atomic E-state index is -0.191. The average Bonchev–Trinajstić information content (AvgIpc) is 2.86. The summed E-state index contributed by atoms with van der Waals surface area (Å²) in [4.78, 5) is 16.6. The normalized spacial score (nSPS) is 10.8. The Labute approximate surface area is 141 Å². The molecular formula is C19H22N4O. The van der Waals surface area contributed by atoms with Gasteiger partial charge in [0.1, 0.15) is 5.82 Å². The highest BCUT2D eigenvalue weighted by Crippen LogP contribution is 2.16. The number of hydrogen-bond donors (Lipinski definition) is 2. The lowest BCUT2D eigenvalue weighted by molar-refractivity contribution is 0.251. The second-order valence-corrected chi connectivity index (χ2v) is 6.00. The fraction of sp³-hybridized carbons (Fsp3) is 0.263. The van der Waals surface area contributed by atoms with Crippen LogP contribution in [-0.4, -0.2) is 22.1 Å². The molecule has 5 nitrogen and oxygen atoms in total. The Balaban J connectivity index is 1.59.